The summed E-state index contributed by atoms with van der Waals surface area (Å²) in [7, 11) is 0. The van der Waals surface area contributed by atoms with Gasteiger partial charge in [-0.2, -0.15) is 0 Å². The predicted molar refractivity (Wildman–Crippen MR) is 76.8 cm³/mol. The van der Waals surface area contributed by atoms with Gasteiger partial charge < -0.3 is 9.73 Å². The van der Waals surface area contributed by atoms with Crippen LogP contribution in [0.1, 0.15) is 30.3 Å². The van der Waals surface area contributed by atoms with E-state index in [0.29, 0.717) is 28.8 Å². The van der Waals surface area contributed by atoms with Gasteiger partial charge >= 0.3 is 0 Å². The first-order valence-corrected chi connectivity index (χ1v) is 7.46. The Morgan fingerprint density at radius 2 is 2.19 bits per heavy atom. The number of piperidine rings is 3. The second-order valence-corrected chi connectivity index (χ2v) is 6.00. The average Bonchev–Trinajstić information content (AvgIpc) is 2.98. The highest BCUT2D eigenvalue weighted by atomic mass is 16.3. The van der Waals surface area contributed by atoms with Gasteiger partial charge in [0.25, 0.3) is 5.91 Å². The smallest absolute Gasteiger partial charge is 0.270 e. The van der Waals surface area contributed by atoms with E-state index in [2.05, 4.69) is 27.1 Å². The summed E-state index contributed by atoms with van der Waals surface area (Å²) in [5, 5.41) is 3.17. The zero-order valence-electron chi connectivity index (χ0n) is 12.0. The summed E-state index contributed by atoms with van der Waals surface area (Å²) >= 11 is 0. The van der Waals surface area contributed by atoms with E-state index < -0.39 is 0 Å². The van der Waals surface area contributed by atoms with Crippen molar-refractivity contribution < 1.29 is 9.21 Å². The molecule has 0 aliphatic carbocycles. The zero-order valence-corrected chi connectivity index (χ0v) is 12.0. The Morgan fingerprint density at radius 3 is 2.95 bits per heavy atom. The minimum atomic E-state index is -0.126. The monoisotopic (exact) mass is 286 g/mol. The summed E-state index contributed by atoms with van der Waals surface area (Å²) in [5.74, 6) is 0.460. The van der Waals surface area contributed by atoms with E-state index in [9.17, 15) is 4.79 Å². The van der Waals surface area contributed by atoms with Gasteiger partial charge in [-0.25, -0.2) is 9.97 Å². The van der Waals surface area contributed by atoms with Gasteiger partial charge in [-0.05, 0) is 38.8 Å². The number of amides is 1. The van der Waals surface area contributed by atoms with Gasteiger partial charge in [0.1, 0.15) is 11.2 Å². The SMILES string of the molecule is C[C@@H]1[C@H](NC(=O)c2cc3ocnc3cn2)C2CCN1CC2. The van der Waals surface area contributed by atoms with Crippen LogP contribution in [-0.4, -0.2) is 45.9 Å². The predicted octanol–water partition coefficient (Wildman–Crippen LogP) is 1.44. The number of hydrogen-bond donors (Lipinski definition) is 1. The van der Waals surface area contributed by atoms with Crippen molar-refractivity contribution in [2.45, 2.75) is 31.8 Å². The topological polar surface area (TPSA) is 71.3 Å². The standard InChI is InChI=1S/C15H18N4O2/c1-9-14(10-2-4-19(9)5-3-10)18-15(20)11-6-13-12(7-16-11)17-8-21-13/h6-10,14H,2-5H2,1H3,(H,18,20)/t9-,14+/m1/s1. The van der Waals surface area contributed by atoms with Crippen LogP contribution in [-0.2, 0) is 0 Å². The molecule has 1 N–H and O–H groups in total. The van der Waals surface area contributed by atoms with Gasteiger partial charge in [-0.3, -0.25) is 9.69 Å². The highest BCUT2D eigenvalue weighted by Crippen LogP contribution is 2.32. The van der Waals surface area contributed by atoms with Crippen LogP contribution in [0.4, 0.5) is 0 Å². The Bertz CT molecular complexity index is 673. The first kappa shape index (κ1) is 12.8. The van der Waals surface area contributed by atoms with Gasteiger partial charge in [0.15, 0.2) is 12.0 Å². The molecule has 6 heteroatoms. The molecule has 3 fully saturated rings. The lowest BCUT2D eigenvalue weighted by atomic mass is 9.79. The lowest BCUT2D eigenvalue weighted by Gasteiger charge is -2.49. The van der Waals surface area contributed by atoms with Crippen molar-refractivity contribution in [1.29, 1.82) is 0 Å². The van der Waals surface area contributed by atoms with Crippen LogP contribution in [0.5, 0.6) is 0 Å². The van der Waals surface area contributed by atoms with E-state index in [0.717, 1.165) is 13.1 Å². The molecule has 2 aromatic heterocycles. The molecule has 6 nitrogen and oxygen atoms in total. The molecule has 2 atom stereocenters. The van der Waals surface area contributed by atoms with E-state index >= 15 is 0 Å². The Labute approximate surface area is 122 Å². The summed E-state index contributed by atoms with van der Waals surface area (Å²) in [6, 6.07) is 2.27. The van der Waals surface area contributed by atoms with Crippen LogP contribution >= 0.6 is 0 Å². The summed E-state index contributed by atoms with van der Waals surface area (Å²) in [6.07, 6.45) is 5.28. The molecule has 0 aromatic carbocycles. The number of nitrogens with one attached hydrogen (secondary N) is 1. The molecule has 110 valence electrons. The quantitative estimate of drug-likeness (QED) is 0.904. The van der Waals surface area contributed by atoms with Crippen LogP contribution in [0.3, 0.4) is 0 Å². The third-order valence-corrected chi connectivity index (χ3v) is 4.93. The van der Waals surface area contributed by atoms with Crippen molar-refractivity contribution >= 4 is 17.0 Å². The van der Waals surface area contributed by atoms with Crippen molar-refractivity contribution in [2.75, 3.05) is 13.1 Å². The molecule has 1 amide bonds. The van der Waals surface area contributed by atoms with Gasteiger partial charge in [-0.15, -0.1) is 0 Å². The van der Waals surface area contributed by atoms with Crippen molar-refractivity contribution in [3.63, 3.8) is 0 Å². The van der Waals surface area contributed by atoms with E-state index in [1.165, 1.54) is 19.2 Å². The van der Waals surface area contributed by atoms with E-state index in [4.69, 9.17) is 4.42 Å². The van der Waals surface area contributed by atoms with Gasteiger partial charge in [0.05, 0.1) is 6.20 Å². The van der Waals surface area contributed by atoms with Crippen LogP contribution in [0, 0.1) is 5.92 Å². The van der Waals surface area contributed by atoms with E-state index in [1.807, 2.05) is 0 Å². The zero-order chi connectivity index (χ0) is 14.4. The minimum Gasteiger partial charge on any atom is -0.443 e. The van der Waals surface area contributed by atoms with E-state index in [-0.39, 0.29) is 11.9 Å². The third kappa shape index (κ3) is 2.10. The van der Waals surface area contributed by atoms with Crippen molar-refractivity contribution in [2.24, 2.45) is 5.92 Å². The molecular weight excluding hydrogens is 268 g/mol. The van der Waals surface area contributed by atoms with Crippen LogP contribution < -0.4 is 5.32 Å². The molecule has 0 saturated carbocycles. The first-order valence-electron chi connectivity index (χ1n) is 7.46. The minimum absolute atomic E-state index is 0.126. The fourth-order valence-electron chi connectivity index (χ4n) is 3.66. The summed E-state index contributed by atoms with van der Waals surface area (Å²) in [5.41, 5.74) is 1.66. The normalized spacial score (nSPS) is 31.5. The summed E-state index contributed by atoms with van der Waals surface area (Å²) in [4.78, 5) is 23.1. The maximum Gasteiger partial charge on any atom is 0.270 e. The number of fused-ring (bicyclic) bond motifs is 4. The maximum atomic E-state index is 12.4. The first-order chi connectivity index (χ1) is 10.2. The molecule has 2 aromatic rings. The number of oxazole rings is 1. The lowest BCUT2D eigenvalue weighted by molar-refractivity contribution is 0.0216. The number of aromatic nitrogens is 2. The van der Waals surface area contributed by atoms with Crippen molar-refractivity contribution in [3.8, 4) is 0 Å². The number of nitrogens with zero attached hydrogens (tertiary/aromatic N) is 3. The second-order valence-electron chi connectivity index (χ2n) is 6.00. The number of pyridine rings is 1. The van der Waals surface area contributed by atoms with Crippen molar-refractivity contribution in [1.82, 2.24) is 20.2 Å². The van der Waals surface area contributed by atoms with Gasteiger partial charge in [0.2, 0.25) is 0 Å². The molecule has 5 rings (SSSR count). The van der Waals surface area contributed by atoms with Gasteiger partial charge in [-0.1, -0.05) is 0 Å². The van der Waals surface area contributed by atoms with Gasteiger partial charge in [0, 0.05) is 18.2 Å². The third-order valence-electron chi connectivity index (χ3n) is 4.93. The number of rotatable bonds is 2. The highest BCUT2D eigenvalue weighted by Gasteiger charge is 2.40. The molecule has 21 heavy (non-hydrogen) atoms. The molecule has 0 unspecified atom stereocenters. The molecule has 0 spiro atoms. The fraction of sp³-hybridized carbons (Fsp3) is 0.533. The van der Waals surface area contributed by atoms with Crippen molar-refractivity contribution in [3.05, 3.63) is 24.4 Å². The summed E-state index contributed by atoms with van der Waals surface area (Å²) in [6.45, 7) is 4.50. The van der Waals surface area contributed by atoms with E-state index in [1.54, 1.807) is 12.3 Å². The lowest BCUT2D eigenvalue weighted by Crippen LogP contribution is -2.62. The average molecular weight is 286 g/mol. The van der Waals surface area contributed by atoms with Crippen LogP contribution in [0.15, 0.2) is 23.1 Å². The fourth-order valence-corrected chi connectivity index (χ4v) is 3.66. The largest absolute Gasteiger partial charge is 0.443 e. The molecule has 2 bridgehead atoms. The van der Waals surface area contributed by atoms with Crippen LogP contribution in [0.2, 0.25) is 0 Å². The Morgan fingerprint density at radius 1 is 1.38 bits per heavy atom. The Hall–Kier alpha value is -1.95. The molecular formula is C15H18N4O2. The van der Waals surface area contributed by atoms with Crippen LogP contribution in [0.25, 0.3) is 11.1 Å². The second kappa shape index (κ2) is 4.80. The Kier molecular flexibility index (Phi) is 2.92. The summed E-state index contributed by atoms with van der Waals surface area (Å²) < 4.78 is 5.23. The highest BCUT2D eigenvalue weighted by molar-refractivity contribution is 5.94. The maximum absolute atomic E-state index is 12.4. The Balaban J connectivity index is 1.54. The number of hydrogen-bond acceptors (Lipinski definition) is 5. The molecule has 0 radical (unpaired) electrons. The number of carbonyl (C=O) groups is 1. The number of carbonyl (C=O) groups excluding carboxylic acids is 1. The molecule has 3 aliphatic rings. The molecule has 5 heterocycles. The molecule has 3 aliphatic heterocycles. The molecule has 3 saturated heterocycles.